The zero-order valence-electron chi connectivity index (χ0n) is 6.16. The predicted molar refractivity (Wildman–Crippen MR) is 44.8 cm³/mol. The van der Waals surface area contributed by atoms with Crippen molar-refractivity contribution in [2.24, 2.45) is 0 Å². The summed E-state index contributed by atoms with van der Waals surface area (Å²) in [7, 11) is 0. The van der Waals surface area contributed by atoms with Crippen molar-refractivity contribution in [1.82, 2.24) is 0 Å². The smallest absolute Gasteiger partial charge is 0.314 e. The highest BCUT2D eigenvalue weighted by Gasteiger charge is 1.83. The molecule has 0 aliphatic carbocycles. The first kappa shape index (κ1) is 13.5. The zero-order valence-corrected chi connectivity index (χ0v) is 7.75. The second-order valence-electron chi connectivity index (χ2n) is 1.68. The first-order chi connectivity index (χ1) is 5.18. The Morgan fingerprint density at radius 3 is 1.55 bits per heavy atom. The van der Waals surface area contributed by atoms with Crippen molar-refractivity contribution >= 4 is 21.9 Å². The van der Waals surface area contributed by atoms with E-state index in [0.29, 0.717) is 0 Å². The predicted octanol–water partition coefficient (Wildman–Crippen LogP) is 0.217. The molecule has 0 saturated carbocycles. The molecule has 5 heteroatoms. The second-order valence-corrected chi connectivity index (χ2v) is 2.24. The quantitative estimate of drug-likeness (QED) is 0.476. The van der Waals surface area contributed by atoms with Gasteiger partial charge in [-0.3, -0.25) is 4.79 Å². The van der Waals surface area contributed by atoms with Crippen LogP contribution >= 0.6 is 15.9 Å². The van der Waals surface area contributed by atoms with Crippen molar-refractivity contribution in [2.45, 2.75) is 12.8 Å². The van der Waals surface area contributed by atoms with Gasteiger partial charge in [0.1, 0.15) is 5.33 Å². The fraction of sp³-hybridized carbons (Fsp3) is 0.833. The Balaban J connectivity index is 0. The fourth-order valence-electron chi connectivity index (χ4n) is 0.224. The standard InChI is InChI=1S/C4H10O2.C2H3BrO2/c5-3-1-2-4-6;3-1-2(4)5/h5-6H,1-4H2;1H2,(H,4,5). The van der Waals surface area contributed by atoms with Crippen LogP contribution in [0, 0.1) is 0 Å². The summed E-state index contributed by atoms with van der Waals surface area (Å²) in [6, 6.07) is 0. The normalized spacial score (nSPS) is 8.27. The number of aliphatic carboxylic acids is 1. The van der Waals surface area contributed by atoms with Gasteiger partial charge in [-0.25, -0.2) is 0 Å². The number of aliphatic hydroxyl groups excluding tert-OH is 2. The van der Waals surface area contributed by atoms with E-state index in [0.717, 1.165) is 12.8 Å². The van der Waals surface area contributed by atoms with Gasteiger partial charge in [0, 0.05) is 13.2 Å². The van der Waals surface area contributed by atoms with Crippen molar-refractivity contribution in [2.75, 3.05) is 18.5 Å². The van der Waals surface area contributed by atoms with Crippen molar-refractivity contribution in [1.29, 1.82) is 0 Å². The third-order valence-electron chi connectivity index (χ3n) is 0.681. The molecule has 3 N–H and O–H groups in total. The van der Waals surface area contributed by atoms with Gasteiger partial charge in [0.25, 0.3) is 0 Å². The minimum Gasteiger partial charge on any atom is -0.481 e. The van der Waals surface area contributed by atoms with Crippen molar-refractivity contribution in [3.63, 3.8) is 0 Å². The van der Waals surface area contributed by atoms with E-state index in [4.69, 9.17) is 15.3 Å². The molecule has 0 spiro atoms. The monoisotopic (exact) mass is 228 g/mol. The molecule has 11 heavy (non-hydrogen) atoms. The Morgan fingerprint density at radius 2 is 1.45 bits per heavy atom. The molecule has 0 aromatic heterocycles. The van der Waals surface area contributed by atoms with E-state index >= 15 is 0 Å². The van der Waals surface area contributed by atoms with Crippen molar-refractivity contribution in [3.8, 4) is 0 Å². The molecule has 4 nitrogen and oxygen atoms in total. The van der Waals surface area contributed by atoms with Crippen LogP contribution < -0.4 is 0 Å². The highest BCUT2D eigenvalue weighted by Crippen LogP contribution is 1.80. The van der Waals surface area contributed by atoms with Crippen LogP contribution in [-0.2, 0) is 4.79 Å². The van der Waals surface area contributed by atoms with Gasteiger partial charge >= 0.3 is 5.97 Å². The first-order valence-corrected chi connectivity index (χ1v) is 4.30. The molecule has 0 saturated heterocycles. The fourth-order valence-corrected chi connectivity index (χ4v) is 0.224. The number of carboxylic acid groups (broad SMARTS) is 1. The van der Waals surface area contributed by atoms with Crippen molar-refractivity contribution in [3.05, 3.63) is 0 Å². The summed E-state index contributed by atoms with van der Waals surface area (Å²) in [5.41, 5.74) is 0. The maximum Gasteiger partial charge on any atom is 0.314 e. The largest absolute Gasteiger partial charge is 0.481 e. The first-order valence-electron chi connectivity index (χ1n) is 3.18. The SMILES string of the molecule is O=C(O)CBr.OCCCCO. The van der Waals surface area contributed by atoms with E-state index < -0.39 is 5.97 Å². The van der Waals surface area contributed by atoms with Gasteiger partial charge in [-0.05, 0) is 12.8 Å². The summed E-state index contributed by atoms with van der Waals surface area (Å²) in [5.74, 6) is -0.829. The number of rotatable bonds is 4. The maximum atomic E-state index is 9.32. The molecule has 68 valence electrons. The molecule has 0 aliphatic heterocycles. The van der Waals surface area contributed by atoms with Crippen LogP contribution in [0.25, 0.3) is 0 Å². The van der Waals surface area contributed by atoms with Gasteiger partial charge in [-0.1, -0.05) is 15.9 Å². The van der Waals surface area contributed by atoms with Gasteiger partial charge in [0.2, 0.25) is 0 Å². The Hall–Kier alpha value is -0.130. The number of alkyl halides is 1. The van der Waals surface area contributed by atoms with E-state index in [9.17, 15) is 4.79 Å². The van der Waals surface area contributed by atoms with E-state index in [1.807, 2.05) is 0 Å². The average molecular weight is 229 g/mol. The van der Waals surface area contributed by atoms with Crippen LogP contribution in [-0.4, -0.2) is 39.8 Å². The maximum absolute atomic E-state index is 9.32. The lowest BCUT2D eigenvalue weighted by molar-refractivity contribution is -0.133. The molecule has 0 aliphatic rings. The van der Waals surface area contributed by atoms with Crippen LogP contribution in [0.5, 0.6) is 0 Å². The summed E-state index contributed by atoms with van der Waals surface area (Å²) in [6.07, 6.45) is 1.44. The number of carbonyl (C=O) groups is 1. The number of carboxylic acids is 1. The number of unbranched alkanes of at least 4 members (excludes halogenated alkanes) is 1. The number of hydrogen-bond donors (Lipinski definition) is 3. The lowest BCUT2D eigenvalue weighted by Gasteiger charge is -1.85. The van der Waals surface area contributed by atoms with E-state index in [1.54, 1.807) is 0 Å². The summed E-state index contributed by atoms with van der Waals surface area (Å²) in [5, 5.41) is 23.9. The number of aliphatic hydroxyl groups is 2. The summed E-state index contributed by atoms with van der Waals surface area (Å²) in [6.45, 7) is 0.390. The third-order valence-corrected chi connectivity index (χ3v) is 1.16. The van der Waals surface area contributed by atoms with Crippen LogP contribution in [0.15, 0.2) is 0 Å². The molecule has 0 aromatic rings. The lowest BCUT2D eigenvalue weighted by Crippen LogP contribution is -1.92. The Morgan fingerprint density at radius 1 is 1.18 bits per heavy atom. The zero-order chi connectivity index (χ0) is 9.11. The van der Waals surface area contributed by atoms with Crippen LogP contribution in [0.3, 0.4) is 0 Å². The molecular formula is C6H13BrO4. The average Bonchev–Trinajstić information content (AvgIpc) is 2.02. The van der Waals surface area contributed by atoms with Gasteiger partial charge in [0.15, 0.2) is 0 Å². The third kappa shape index (κ3) is 25.8. The molecule has 0 amide bonds. The minimum atomic E-state index is -0.829. The molecular weight excluding hydrogens is 216 g/mol. The summed E-state index contributed by atoms with van der Waals surface area (Å²) < 4.78 is 0. The molecule has 0 heterocycles. The molecule has 0 fully saturated rings. The molecule has 0 aromatic carbocycles. The van der Waals surface area contributed by atoms with Gasteiger partial charge in [-0.2, -0.15) is 0 Å². The van der Waals surface area contributed by atoms with E-state index in [1.165, 1.54) is 0 Å². The van der Waals surface area contributed by atoms with Gasteiger partial charge < -0.3 is 15.3 Å². The van der Waals surface area contributed by atoms with Crippen molar-refractivity contribution < 1.29 is 20.1 Å². The number of hydrogen-bond acceptors (Lipinski definition) is 3. The van der Waals surface area contributed by atoms with Crippen LogP contribution in [0.1, 0.15) is 12.8 Å². The lowest BCUT2D eigenvalue weighted by atomic mass is 10.3. The van der Waals surface area contributed by atoms with E-state index in [-0.39, 0.29) is 18.5 Å². The van der Waals surface area contributed by atoms with Crippen LogP contribution in [0.4, 0.5) is 0 Å². The summed E-state index contributed by atoms with van der Waals surface area (Å²) >= 11 is 2.71. The minimum absolute atomic E-state index is 0.0347. The molecule has 0 rings (SSSR count). The number of halogens is 1. The second kappa shape index (κ2) is 12.5. The topological polar surface area (TPSA) is 77.8 Å². The molecule has 0 unspecified atom stereocenters. The Labute approximate surface area is 74.0 Å². The summed E-state index contributed by atoms with van der Waals surface area (Å²) in [4.78, 5) is 9.32. The highest BCUT2D eigenvalue weighted by atomic mass is 79.9. The molecule has 0 atom stereocenters. The Bertz CT molecular complexity index is 82.7. The van der Waals surface area contributed by atoms with Crippen LogP contribution in [0.2, 0.25) is 0 Å². The molecule has 0 bridgehead atoms. The van der Waals surface area contributed by atoms with Gasteiger partial charge in [0.05, 0.1) is 0 Å². The highest BCUT2D eigenvalue weighted by molar-refractivity contribution is 9.09. The van der Waals surface area contributed by atoms with E-state index in [2.05, 4.69) is 15.9 Å². The molecule has 0 radical (unpaired) electrons. The Kier molecular flexibility index (Phi) is 15.3. The van der Waals surface area contributed by atoms with Gasteiger partial charge in [-0.15, -0.1) is 0 Å².